The molecule has 1 fully saturated rings. The molecule has 0 unspecified atom stereocenters. The maximum absolute atomic E-state index is 15.5. The molecule has 11 heteroatoms. The number of aliphatic hydroxyl groups excluding tert-OH is 2. The Labute approximate surface area is 230 Å². The van der Waals surface area contributed by atoms with Crippen LogP contribution in [0, 0.1) is 28.4 Å². The summed E-state index contributed by atoms with van der Waals surface area (Å²) in [6.45, 7) is 5.45. The van der Waals surface area contributed by atoms with Crippen molar-refractivity contribution in [3.63, 3.8) is 0 Å². The number of carbonyl (C=O) groups is 1. The summed E-state index contributed by atoms with van der Waals surface area (Å²) in [6, 6.07) is 9.57. The molecule has 7 nitrogen and oxygen atoms in total. The van der Waals surface area contributed by atoms with Gasteiger partial charge in [-0.2, -0.15) is 5.26 Å². The lowest BCUT2D eigenvalue weighted by Crippen LogP contribution is -2.44. The summed E-state index contributed by atoms with van der Waals surface area (Å²) in [4.78, 5) is 12.7. The molecule has 1 saturated heterocycles. The third-order valence-electron chi connectivity index (χ3n) is 6.58. The van der Waals surface area contributed by atoms with Crippen LogP contribution >= 0.6 is 23.2 Å². The minimum Gasteiger partial charge on any atom is -0.430 e. The molecule has 0 aromatic heterocycles. The predicted molar refractivity (Wildman–Crippen MR) is 140 cm³/mol. The standard InChI is InChI=1S/C27H31Cl2F2N3O4/c1-26(2,3)12-22-27(14-32,18-6-5-16(28)11-21(18)31)23(15-4-7-20(30)19(29)10-15)24(34-22)38-25(37)33-9-8-17(36)13-35/h4-7,10-11,17,22-24,34-36H,8-9,12-13H2,1-3H3,(H,33,37)/t17-,22+,23+,24-,27+/m1/s1. The maximum Gasteiger partial charge on any atom is 0.408 e. The molecule has 3 rings (SSSR count). The van der Waals surface area contributed by atoms with E-state index >= 15 is 4.39 Å². The van der Waals surface area contributed by atoms with E-state index in [4.69, 9.17) is 33.0 Å². The molecular formula is C27H31Cl2F2N3O4. The van der Waals surface area contributed by atoms with Crippen molar-refractivity contribution in [2.45, 2.75) is 63.3 Å². The number of nitriles is 1. The molecule has 4 N–H and O–H groups in total. The van der Waals surface area contributed by atoms with E-state index in [0.717, 1.165) is 12.1 Å². The van der Waals surface area contributed by atoms with Crippen LogP contribution in [0.4, 0.5) is 13.6 Å². The fourth-order valence-corrected chi connectivity index (χ4v) is 5.28. The van der Waals surface area contributed by atoms with Gasteiger partial charge in [0.05, 0.1) is 29.7 Å². The van der Waals surface area contributed by atoms with Gasteiger partial charge in [-0.25, -0.2) is 13.6 Å². The third-order valence-corrected chi connectivity index (χ3v) is 7.11. The second-order valence-corrected chi connectivity index (χ2v) is 11.5. The number of ether oxygens (including phenoxy) is 1. The number of hydrogen-bond acceptors (Lipinski definition) is 6. The van der Waals surface area contributed by atoms with Gasteiger partial charge in [-0.15, -0.1) is 0 Å². The first-order valence-electron chi connectivity index (χ1n) is 12.1. The molecule has 0 spiro atoms. The van der Waals surface area contributed by atoms with Crippen LogP contribution in [-0.4, -0.2) is 47.8 Å². The van der Waals surface area contributed by atoms with Crippen LogP contribution in [0.25, 0.3) is 0 Å². The predicted octanol–water partition coefficient (Wildman–Crippen LogP) is 5.02. The highest BCUT2D eigenvalue weighted by Crippen LogP contribution is 2.52. The lowest BCUT2D eigenvalue weighted by Gasteiger charge is -2.37. The van der Waals surface area contributed by atoms with Gasteiger partial charge in [0.2, 0.25) is 0 Å². The summed E-state index contributed by atoms with van der Waals surface area (Å²) < 4.78 is 35.3. The highest BCUT2D eigenvalue weighted by molar-refractivity contribution is 6.31. The molecule has 5 atom stereocenters. The molecule has 2 aromatic rings. The Morgan fingerprint density at radius 2 is 1.95 bits per heavy atom. The van der Waals surface area contributed by atoms with E-state index in [9.17, 15) is 19.6 Å². The van der Waals surface area contributed by atoms with Crippen LogP contribution in [0.5, 0.6) is 0 Å². The summed E-state index contributed by atoms with van der Waals surface area (Å²) in [7, 11) is 0. The van der Waals surface area contributed by atoms with E-state index in [-0.39, 0.29) is 34.0 Å². The van der Waals surface area contributed by atoms with Gasteiger partial charge in [0, 0.05) is 23.2 Å². The van der Waals surface area contributed by atoms with Crippen molar-refractivity contribution in [2.75, 3.05) is 13.2 Å². The summed E-state index contributed by atoms with van der Waals surface area (Å²) in [5.74, 6) is -2.38. The molecule has 1 amide bonds. The van der Waals surface area contributed by atoms with Crippen LogP contribution in [0.1, 0.15) is 50.7 Å². The molecule has 1 aliphatic heterocycles. The van der Waals surface area contributed by atoms with Crippen LogP contribution < -0.4 is 10.6 Å². The second kappa shape index (κ2) is 12.1. The highest BCUT2D eigenvalue weighted by Gasteiger charge is 2.60. The van der Waals surface area contributed by atoms with Crippen molar-refractivity contribution in [2.24, 2.45) is 5.41 Å². The number of benzene rings is 2. The first-order chi connectivity index (χ1) is 17.8. The van der Waals surface area contributed by atoms with Crippen LogP contribution in [0.15, 0.2) is 36.4 Å². The SMILES string of the molecule is CC(C)(C)C[C@@H]1N[C@H](OC(=O)NCC[C@@H](O)CO)[C@H](c2ccc(F)c(Cl)c2)[C@@]1(C#N)c1ccc(Cl)cc1F. The average Bonchev–Trinajstić information content (AvgIpc) is 3.12. The molecule has 1 heterocycles. The average molecular weight is 570 g/mol. The fourth-order valence-electron chi connectivity index (χ4n) is 4.94. The van der Waals surface area contributed by atoms with E-state index < -0.39 is 54.0 Å². The molecule has 0 saturated carbocycles. The Hall–Kier alpha value is -2.48. The van der Waals surface area contributed by atoms with Gasteiger partial charge >= 0.3 is 6.09 Å². The molecule has 38 heavy (non-hydrogen) atoms. The summed E-state index contributed by atoms with van der Waals surface area (Å²) in [5, 5.41) is 34.9. The van der Waals surface area contributed by atoms with Gasteiger partial charge in [-0.3, -0.25) is 5.32 Å². The minimum atomic E-state index is -1.61. The topological polar surface area (TPSA) is 115 Å². The van der Waals surface area contributed by atoms with E-state index in [1.165, 1.54) is 24.3 Å². The quantitative estimate of drug-likeness (QED) is 0.355. The Morgan fingerprint density at radius 3 is 2.53 bits per heavy atom. The number of carbonyl (C=O) groups excluding carboxylic acids is 1. The summed E-state index contributed by atoms with van der Waals surface area (Å²) in [5.41, 5.74) is -1.52. The smallest absolute Gasteiger partial charge is 0.408 e. The Bertz CT molecular complexity index is 1200. The molecular weight excluding hydrogens is 539 g/mol. The van der Waals surface area contributed by atoms with Crippen molar-refractivity contribution < 1.29 is 28.5 Å². The van der Waals surface area contributed by atoms with Gasteiger partial charge in [0.25, 0.3) is 0 Å². The number of aliphatic hydroxyl groups is 2. The van der Waals surface area contributed by atoms with Gasteiger partial charge in [0.15, 0.2) is 6.23 Å². The van der Waals surface area contributed by atoms with E-state index in [0.29, 0.717) is 12.0 Å². The zero-order valence-corrected chi connectivity index (χ0v) is 22.8. The second-order valence-electron chi connectivity index (χ2n) is 10.6. The highest BCUT2D eigenvalue weighted by atomic mass is 35.5. The van der Waals surface area contributed by atoms with Crippen LogP contribution in [0.3, 0.4) is 0 Å². The number of nitrogens with zero attached hydrogens (tertiary/aromatic N) is 1. The largest absolute Gasteiger partial charge is 0.430 e. The minimum absolute atomic E-state index is 0.0148. The number of amides is 1. The van der Waals surface area contributed by atoms with E-state index in [1.807, 2.05) is 20.8 Å². The first-order valence-corrected chi connectivity index (χ1v) is 12.9. The maximum atomic E-state index is 15.5. The van der Waals surface area contributed by atoms with Crippen LogP contribution in [-0.2, 0) is 10.2 Å². The van der Waals surface area contributed by atoms with Gasteiger partial charge in [-0.05, 0) is 48.1 Å². The zero-order valence-electron chi connectivity index (χ0n) is 21.3. The van der Waals surface area contributed by atoms with E-state index in [1.54, 1.807) is 0 Å². The van der Waals surface area contributed by atoms with Crippen molar-refractivity contribution >= 4 is 29.3 Å². The fraction of sp³-hybridized carbons (Fsp3) is 0.481. The number of halogens is 4. The monoisotopic (exact) mass is 569 g/mol. The first kappa shape index (κ1) is 30.1. The molecule has 206 valence electrons. The lowest BCUT2D eigenvalue weighted by atomic mass is 9.63. The molecule has 2 aromatic carbocycles. The molecule has 0 aliphatic carbocycles. The van der Waals surface area contributed by atoms with Crippen molar-refractivity contribution in [3.05, 3.63) is 69.2 Å². The molecule has 0 bridgehead atoms. The van der Waals surface area contributed by atoms with E-state index in [2.05, 4.69) is 16.7 Å². The van der Waals surface area contributed by atoms with Crippen molar-refractivity contribution in [1.29, 1.82) is 5.26 Å². The number of alkyl carbamates (subject to hydrolysis) is 1. The number of nitrogens with one attached hydrogen (secondary N) is 2. The Kier molecular flexibility index (Phi) is 9.61. The van der Waals surface area contributed by atoms with Gasteiger partial charge < -0.3 is 20.3 Å². The van der Waals surface area contributed by atoms with Crippen molar-refractivity contribution in [1.82, 2.24) is 10.6 Å². The number of rotatable bonds is 8. The van der Waals surface area contributed by atoms with Gasteiger partial charge in [0.1, 0.15) is 17.0 Å². The lowest BCUT2D eigenvalue weighted by molar-refractivity contribution is 0.0689. The number of hydrogen-bond donors (Lipinski definition) is 4. The van der Waals surface area contributed by atoms with Gasteiger partial charge in [-0.1, -0.05) is 56.1 Å². The summed E-state index contributed by atoms with van der Waals surface area (Å²) in [6.07, 6.45) is -2.53. The van der Waals surface area contributed by atoms with Crippen LogP contribution in [0.2, 0.25) is 10.0 Å². The molecule has 1 aliphatic rings. The Morgan fingerprint density at radius 1 is 1.24 bits per heavy atom. The normalized spacial score (nSPS) is 24.1. The zero-order chi connectivity index (χ0) is 28.3. The third kappa shape index (κ3) is 6.56. The summed E-state index contributed by atoms with van der Waals surface area (Å²) >= 11 is 12.1. The Balaban J connectivity index is 2.14. The molecule has 0 radical (unpaired) electrons. The van der Waals surface area contributed by atoms with Crippen molar-refractivity contribution in [3.8, 4) is 6.07 Å².